The summed E-state index contributed by atoms with van der Waals surface area (Å²) in [6.45, 7) is 3.19. The van der Waals surface area contributed by atoms with E-state index in [0.29, 0.717) is 31.3 Å². The van der Waals surface area contributed by atoms with Gasteiger partial charge in [-0.15, -0.1) is 0 Å². The Labute approximate surface area is 107 Å². The van der Waals surface area contributed by atoms with Gasteiger partial charge in [-0.25, -0.2) is 0 Å². The minimum atomic E-state index is 0.321. The van der Waals surface area contributed by atoms with E-state index in [1.54, 1.807) is 0 Å². The Morgan fingerprint density at radius 2 is 2.11 bits per heavy atom. The number of ether oxygens (including phenoxy) is 2. The fraction of sp³-hybridized carbons (Fsp3) is 0.538. The van der Waals surface area contributed by atoms with Gasteiger partial charge in [-0.05, 0) is 37.6 Å². The monoisotopic (exact) mass is 249 g/mol. The van der Waals surface area contributed by atoms with Crippen molar-refractivity contribution in [1.29, 1.82) is 0 Å². The van der Waals surface area contributed by atoms with E-state index in [2.05, 4.69) is 29.9 Å². The third-order valence-corrected chi connectivity index (χ3v) is 3.73. The van der Waals surface area contributed by atoms with Crippen molar-refractivity contribution in [2.45, 2.75) is 31.3 Å². The number of benzene rings is 1. The van der Waals surface area contributed by atoms with E-state index in [0.717, 1.165) is 17.9 Å². The third kappa shape index (κ3) is 1.94. The molecule has 1 aromatic rings. The molecule has 2 aliphatic rings. The maximum Gasteiger partial charge on any atom is 0.231 e. The fourth-order valence-electron chi connectivity index (χ4n) is 2.84. The summed E-state index contributed by atoms with van der Waals surface area (Å²) in [4.78, 5) is 0. The third-order valence-electron chi connectivity index (χ3n) is 3.73. The average Bonchev–Trinajstić information content (AvgIpc) is 2.96. The molecule has 1 fully saturated rings. The number of nitrogens with one attached hydrogen (secondary N) is 2. The van der Waals surface area contributed by atoms with E-state index >= 15 is 0 Å². The van der Waals surface area contributed by atoms with Gasteiger partial charge in [0.05, 0.1) is 0 Å². The average molecular weight is 249 g/mol. The van der Waals surface area contributed by atoms with Crippen LogP contribution in [0.2, 0.25) is 0 Å². The van der Waals surface area contributed by atoms with E-state index < -0.39 is 0 Å². The lowest BCUT2D eigenvalue weighted by Crippen LogP contribution is -2.33. The zero-order valence-electron chi connectivity index (χ0n) is 10.5. The van der Waals surface area contributed by atoms with Crippen molar-refractivity contribution in [3.05, 3.63) is 23.8 Å². The van der Waals surface area contributed by atoms with Crippen molar-refractivity contribution in [1.82, 2.24) is 10.9 Å². The van der Waals surface area contributed by atoms with Gasteiger partial charge in [-0.1, -0.05) is 6.07 Å². The van der Waals surface area contributed by atoms with Crippen LogP contribution in [-0.4, -0.2) is 25.4 Å². The molecule has 5 nitrogen and oxygen atoms in total. The predicted molar refractivity (Wildman–Crippen MR) is 68.5 cm³/mol. The standard InChI is InChI=1S/C13H19N3O2/c1-8-13(10(4-5-14)16-15-8)9-2-3-11-12(6-9)18-7-17-11/h2-3,6,8,10,13,15-16H,4-5,7,14H2,1H3. The van der Waals surface area contributed by atoms with E-state index in [1.165, 1.54) is 5.56 Å². The highest BCUT2D eigenvalue weighted by Gasteiger charge is 2.34. The fourth-order valence-corrected chi connectivity index (χ4v) is 2.84. The first kappa shape index (κ1) is 11.8. The number of fused-ring (bicyclic) bond motifs is 1. The van der Waals surface area contributed by atoms with Gasteiger partial charge in [-0.2, -0.15) is 0 Å². The Hall–Kier alpha value is -1.30. The van der Waals surface area contributed by atoms with Gasteiger partial charge in [0.25, 0.3) is 0 Å². The lowest BCUT2D eigenvalue weighted by Gasteiger charge is -2.21. The molecule has 1 saturated heterocycles. The molecule has 0 aromatic heterocycles. The number of nitrogens with two attached hydrogens (primary N) is 1. The quantitative estimate of drug-likeness (QED) is 0.736. The second-order valence-corrected chi connectivity index (χ2v) is 4.90. The molecule has 0 spiro atoms. The Balaban J connectivity index is 1.88. The number of hydrazine groups is 1. The van der Waals surface area contributed by atoms with Gasteiger partial charge in [0.1, 0.15) is 0 Å². The van der Waals surface area contributed by atoms with E-state index in [9.17, 15) is 0 Å². The summed E-state index contributed by atoms with van der Waals surface area (Å²) < 4.78 is 10.8. The summed E-state index contributed by atoms with van der Waals surface area (Å²) in [5, 5.41) is 0. The van der Waals surface area contributed by atoms with Gasteiger partial charge < -0.3 is 15.2 Å². The Morgan fingerprint density at radius 3 is 2.94 bits per heavy atom. The maximum absolute atomic E-state index is 5.67. The molecule has 4 N–H and O–H groups in total. The molecule has 2 aliphatic heterocycles. The van der Waals surface area contributed by atoms with Crippen LogP contribution in [0.3, 0.4) is 0 Å². The molecule has 18 heavy (non-hydrogen) atoms. The number of hydrogen-bond acceptors (Lipinski definition) is 5. The zero-order valence-corrected chi connectivity index (χ0v) is 10.5. The molecule has 0 radical (unpaired) electrons. The summed E-state index contributed by atoms with van der Waals surface area (Å²) in [6.07, 6.45) is 0.955. The lowest BCUT2D eigenvalue weighted by atomic mass is 9.86. The van der Waals surface area contributed by atoms with Crippen molar-refractivity contribution >= 4 is 0 Å². The van der Waals surface area contributed by atoms with Gasteiger partial charge in [0.15, 0.2) is 11.5 Å². The maximum atomic E-state index is 5.67. The highest BCUT2D eigenvalue weighted by atomic mass is 16.7. The highest BCUT2D eigenvalue weighted by molar-refractivity contribution is 5.46. The van der Waals surface area contributed by atoms with Gasteiger partial charge in [-0.3, -0.25) is 10.9 Å². The van der Waals surface area contributed by atoms with Crippen molar-refractivity contribution in [2.24, 2.45) is 5.73 Å². The van der Waals surface area contributed by atoms with Gasteiger partial charge in [0, 0.05) is 18.0 Å². The summed E-state index contributed by atoms with van der Waals surface area (Å²) in [6, 6.07) is 6.93. The molecule has 3 unspecified atom stereocenters. The first-order valence-electron chi connectivity index (χ1n) is 6.40. The Morgan fingerprint density at radius 1 is 1.28 bits per heavy atom. The Bertz CT molecular complexity index is 436. The summed E-state index contributed by atoms with van der Waals surface area (Å²) in [5.74, 6) is 2.09. The van der Waals surface area contributed by atoms with Crippen LogP contribution in [0, 0.1) is 0 Å². The normalized spacial score (nSPS) is 29.8. The molecule has 0 bridgehead atoms. The summed E-state index contributed by atoms with van der Waals surface area (Å²) in [7, 11) is 0. The molecule has 3 rings (SSSR count). The molecule has 0 amide bonds. The van der Waals surface area contributed by atoms with Crippen LogP contribution in [0.1, 0.15) is 24.8 Å². The van der Waals surface area contributed by atoms with E-state index in [-0.39, 0.29) is 0 Å². The van der Waals surface area contributed by atoms with Crippen molar-refractivity contribution in [3.63, 3.8) is 0 Å². The lowest BCUT2D eigenvalue weighted by molar-refractivity contribution is 0.174. The van der Waals surface area contributed by atoms with Crippen LogP contribution in [0.15, 0.2) is 18.2 Å². The largest absolute Gasteiger partial charge is 0.454 e. The highest BCUT2D eigenvalue weighted by Crippen LogP contribution is 2.37. The van der Waals surface area contributed by atoms with Crippen molar-refractivity contribution in [2.75, 3.05) is 13.3 Å². The predicted octanol–water partition coefficient (Wildman–Crippen LogP) is 0.713. The van der Waals surface area contributed by atoms with Crippen LogP contribution < -0.4 is 26.1 Å². The minimum Gasteiger partial charge on any atom is -0.454 e. The molecule has 3 atom stereocenters. The SMILES string of the molecule is CC1NNC(CCN)C1c1ccc2c(c1)OCO2. The zero-order chi connectivity index (χ0) is 12.5. The second-order valence-electron chi connectivity index (χ2n) is 4.90. The van der Waals surface area contributed by atoms with Crippen LogP contribution in [-0.2, 0) is 0 Å². The van der Waals surface area contributed by atoms with E-state index in [1.807, 2.05) is 6.07 Å². The topological polar surface area (TPSA) is 68.5 Å². The summed E-state index contributed by atoms with van der Waals surface area (Å²) >= 11 is 0. The van der Waals surface area contributed by atoms with Gasteiger partial charge in [0.2, 0.25) is 6.79 Å². The van der Waals surface area contributed by atoms with Crippen molar-refractivity contribution < 1.29 is 9.47 Å². The Kier molecular flexibility index (Phi) is 3.11. The second kappa shape index (κ2) is 4.76. The molecule has 0 saturated carbocycles. The number of hydrogen-bond donors (Lipinski definition) is 3. The first-order chi connectivity index (χ1) is 8.79. The molecular weight excluding hydrogens is 230 g/mol. The van der Waals surface area contributed by atoms with E-state index in [4.69, 9.17) is 15.2 Å². The molecular formula is C13H19N3O2. The molecule has 98 valence electrons. The smallest absolute Gasteiger partial charge is 0.231 e. The van der Waals surface area contributed by atoms with Crippen LogP contribution >= 0.6 is 0 Å². The first-order valence-corrected chi connectivity index (χ1v) is 6.40. The molecule has 5 heteroatoms. The minimum absolute atomic E-state index is 0.321. The van der Waals surface area contributed by atoms with Crippen LogP contribution in [0.5, 0.6) is 11.5 Å². The van der Waals surface area contributed by atoms with Crippen LogP contribution in [0.4, 0.5) is 0 Å². The van der Waals surface area contributed by atoms with Crippen molar-refractivity contribution in [3.8, 4) is 11.5 Å². The molecule has 0 aliphatic carbocycles. The van der Waals surface area contributed by atoms with Gasteiger partial charge >= 0.3 is 0 Å². The summed E-state index contributed by atoms with van der Waals surface area (Å²) in [5.41, 5.74) is 13.6. The van der Waals surface area contributed by atoms with Crippen LogP contribution in [0.25, 0.3) is 0 Å². The number of rotatable bonds is 3. The molecule has 2 heterocycles. The molecule has 1 aromatic carbocycles.